The molecule has 1 saturated carbocycles. The van der Waals surface area contributed by atoms with Crippen molar-refractivity contribution in [2.24, 2.45) is 5.92 Å². The van der Waals surface area contributed by atoms with Gasteiger partial charge in [0.15, 0.2) is 0 Å². The number of unbranched alkanes of at least 4 members (excludes halogenated alkanes) is 1. The quantitative estimate of drug-likeness (QED) is 0.739. The highest BCUT2D eigenvalue weighted by molar-refractivity contribution is 5.84. The van der Waals surface area contributed by atoms with Crippen LogP contribution in [0, 0.1) is 5.92 Å². The molecule has 0 radical (unpaired) electrons. The van der Waals surface area contributed by atoms with E-state index in [0.717, 1.165) is 38.1 Å². The smallest absolute Gasteiger partial charge is 0.241 e. The molecule has 1 aliphatic carbocycles. The second-order valence-corrected chi connectivity index (χ2v) is 5.60. The highest BCUT2D eigenvalue weighted by Crippen LogP contribution is 2.32. The van der Waals surface area contributed by atoms with Crippen LogP contribution < -0.4 is 5.32 Å². The van der Waals surface area contributed by atoms with Gasteiger partial charge in [0.25, 0.3) is 0 Å². The van der Waals surface area contributed by atoms with Crippen LogP contribution in [0.3, 0.4) is 0 Å². The molecule has 1 heterocycles. The van der Waals surface area contributed by atoms with Gasteiger partial charge in [0.2, 0.25) is 5.91 Å². The van der Waals surface area contributed by atoms with Crippen molar-refractivity contribution in [3.05, 3.63) is 0 Å². The fraction of sp³-hybridized carbons (Fsp3) is 0.929. The molecule has 0 bridgehead atoms. The van der Waals surface area contributed by atoms with E-state index in [4.69, 9.17) is 0 Å². The Morgan fingerprint density at radius 3 is 2.59 bits per heavy atom. The number of nitrogens with zero attached hydrogens (tertiary/aromatic N) is 1. The molecule has 2 rings (SSSR count). The van der Waals surface area contributed by atoms with Gasteiger partial charge in [-0.05, 0) is 31.6 Å². The summed E-state index contributed by atoms with van der Waals surface area (Å²) in [5.41, 5.74) is 0. The van der Waals surface area contributed by atoms with E-state index in [1.165, 1.54) is 19.3 Å². The zero-order valence-corrected chi connectivity index (χ0v) is 11.2. The lowest BCUT2D eigenvalue weighted by Crippen LogP contribution is -2.38. The molecular formula is C14H26N2O. The summed E-state index contributed by atoms with van der Waals surface area (Å²) in [4.78, 5) is 14.4. The van der Waals surface area contributed by atoms with Crippen LogP contribution in [0.2, 0.25) is 0 Å². The molecule has 1 aliphatic heterocycles. The first kappa shape index (κ1) is 12.9. The standard InChI is InChI=1S/C14H26N2O/c1-3-5-7-12-14(17)16(10-11-8-9-11)13(15-12)6-4-2/h11-13,15H,3-10H2,1-2H3. The molecule has 0 aromatic carbocycles. The Kier molecular flexibility index (Phi) is 4.43. The Morgan fingerprint density at radius 1 is 1.24 bits per heavy atom. The maximum Gasteiger partial charge on any atom is 0.241 e. The summed E-state index contributed by atoms with van der Waals surface area (Å²) >= 11 is 0. The summed E-state index contributed by atoms with van der Waals surface area (Å²) in [6.07, 6.45) is 8.54. The molecule has 17 heavy (non-hydrogen) atoms. The third kappa shape index (κ3) is 3.21. The molecule has 0 aromatic heterocycles. The van der Waals surface area contributed by atoms with Crippen molar-refractivity contribution in [3.63, 3.8) is 0 Å². The van der Waals surface area contributed by atoms with E-state index in [1.807, 2.05) is 0 Å². The van der Waals surface area contributed by atoms with Crippen molar-refractivity contribution < 1.29 is 4.79 Å². The summed E-state index contributed by atoms with van der Waals surface area (Å²) in [6.45, 7) is 5.38. The van der Waals surface area contributed by atoms with E-state index in [0.29, 0.717) is 12.1 Å². The van der Waals surface area contributed by atoms with Crippen molar-refractivity contribution in [2.75, 3.05) is 6.54 Å². The molecule has 2 atom stereocenters. The van der Waals surface area contributed by atoms with Crippen molar-refractivity contribution in [2.45, 2.75) is 71.0 Å². The summed E-state index contributed by atoms with van der Waals surface area (Å²) in [7, 11) is 0. The highest BCUT2D eigenvalue weighted by atomic mass is 16.2. The first-order valence-electron chi connectivity index (χ1n) is 7.32. The summed E-state index contributed by atoms with van der Waals surface area (Å²) < 4.78 is 0. The molecule has 0 aromatic rings. The molecule has 3 heteroatoms. The summed E-state index contributed by atoms with van der Waals surface area (Å²) in [5.74, 6) is 1.16. The molecule has 2 aliphatic rings. The normalized spacial score (nSPS) is 29.1. The zero-order chi connectivity index (χ0) is 12.3. The van der Waals surface area contributed by atoms with Crippen molar-refractivity contribution in [1.29, 1.82) is 0 Å². The molecule has 3 nitrogen and oxygen atoms in total. The Hall–Kier alpha value is -0.570. The number of nitrogens with one attached hydrogen (secondary N) is 1. The number of carbonyl (C=O) groups excluding carboxylic acids is 1. The van der Waals surface area contributed by atoms with Crippen LogP contribution in [-0.4, -0.2) is 29.6 Å². The Morgan fingerprint density at radius 2 is 2.00 bits per heavy atom. The average Bonchev–Trinajstić information content (AvgIpc) is 3.08. The third-order valence-electron chi connectivity index (χ3n) is 3.91. The van der Waals surface area contributed by atoms with Crippen LogP contribution >= 0.6 is 0 Å². The van der Waals surface area contributed by atoms with Gasteiger partial charge in [-0.1, -0.05) is 33.1 Å². The van der Waals surface area contributed by atoms with Crippen LogP contribution in [0.15, 0.2) is 0 Å². The second-order valence-electron chi connectivity index (χ2n) is 5.60. The molecule has 0 spiro atoms. The third-order valence-corrected chi connectivity index (χ3v) is 3.91. The monoisotopic (exact) mass is 238 g/mol. The van der Waals surface area contributed by atoms with E-state index < -0.39 is 0 Å². The zero-order valence-electron chi connectivity index (χ0n) is 11.2. The molecule has 1 saturated heterocycles. The first-order valence-corrected chi connectivity index (χ1v) is 7.32. The van der Waals surface area contributed by atoms with Gasteiger partial charge in [0.1, 0.15) is 0 Å². The predicted octanol–water partition coefficient (Wildman–Crippen LogP) is 2.51. The molecule has 1 amide bonds. The van der Waals surface area contributed by atoms with Gasteiger partial charge in [0.05, 0.1) is 12.2 Å². The van der Waals surface area contributed by atoms with Gasteiger partial charge >= 0.3 is 0 Å². The van der Waals surface area contributed by atoms with Gasteiger partial charge in [0, 0.05) is 6.54 Å². The Labute approximate surface area is 105 Å². The van der Waals surface area contributed by atoms with Crippen LogP contribution in [0.5, 0.6) is 0 Å². The number of hydrogen-bond donors (Lipinski definition) is 1. The largest absolute Gasteiger partial charge is 0.326 e. The predicted molar refractivity (Wildman–Crippen MR) is 69.6 cm³/mol. The molecule has 98 valence electrons. The van der Waals surface area contributed by atoms with Crippen LogP contribution in [0.1, 0.15) is 58.8 Å². The maximum atomic E-state index is 12.3. The molecular weight excluding hydrogens is 212 g/mol. The van der Waals surface area contributed by atoms with Gasteiger partial charge < -0.3 is 4.90 Å². The first-order chi connectivity index (χ1) is 8.26. The van der Waals surface area contributed by atoms with E-state index >= 15 is 0 Å². The van der Waals surface area contributed by atoms with E-state index in [-0.39, 0.29) is 6.04 Å². The van der Waals surface area contributed by atoms with Crippen LogP contribution in [0.4, 0.5) is 0 Å². The lowest BCUT2D eigenvalue weighted by atomic mass is 10.1. The highest BCUT2D eigenvalue weighted by Gasteiger charge is 2.40. The number of rotatable bonds is 7. The van der Waals surface area contributed by atoms with Crippen molar-refractivity contribution >= 4 is 5.91 Å². The molecule has 2 unspecified atom stereocenters. The lowest BCUT2D eigenvalue weighted by molar-refractivity contribution is -0.130. The fourth-order valence-corrected chi connectivity index (χ4v) is 2.67. The Bertz CT molecular complexity index is 263. The maximum absolute atomic E-state index is 12.3. The average molecular weight is 238 g/mol. The van der Waals surface area contributed by atoms with E-state index in [1.54, 1.807) is 0 Å². The minimum absolute atomic E-state index is 0.102. The van der Waals surface area contributed by atoms with Gasteiger partial charge in [-0.3, -0.25) is 10.1 Å². The summed E-state index contributed by atoms with van der Waals surface area (Å²) in [5, 5.41) is 3.54. The van der Waals surface area contributed by atoms with Crippen molar-refractivity contribution in [1.82, 2.24) is 10.2 Å². The van der Waals surface area contributed by atoms with E-state index in [2.05, 4.69) is 24.1 Å². The molecule has 1 N–H and O–H groups in total. The van der Waals surface area contributed by atoms with Gasteiger partial charge in [-0.25, -0.2) is 0 Å². The van der Waals surface area contributed by atoms with Gasteiger partial charge in [-0.2, -0.15) is 0 Å². The SMILES string of the molecule is CCCCC1NC(CCC)N(CC2CC2)C1=O. The lowest BCUT2D eigenvalue weighted by Gasteiger charge is -2.23. The topological polar surface area (TPSA) is 32.3 Å². The van der Waals surface area contributed by atoms with E-state index in [9.17, 15) is 4.79 Å². The van der Waals surface area contributed by atoms with Gasteiger partial charge in [-0.15, -0.1) is 0 Å². The molecule has 2 fully saturated rings. The number of hydrogen-bond acceptors (Lipinski definition) is 2. The van der Waals surface area contributed by atoms with Crippen LogP contribution in [-0.2, 0) is 4.79 Å². The number of carbonyl (C=O) groups is 1. The second kappa shape index (κ2) is 5.85. The Balaban J connectivity index is 1.92. The number of amides is 1. The fourth-order valence-electron chi connectivity index (χ4n) is 2.67. The summed E-state index contributed by atoms with van der Waals surface area (Å²) in [6, 6.07) is 0.102. The van der Waals surface area contributed by atoms with Crippen molar-refractivity contribution in [3.8, 4) is 0 Å². The minimum atomic E-state index is 0.102. The minimum Gasteiger partial charge on any atom is -0.326 e. The van der Waals surface area contributed by atoms with Crippen LogP contribution in [0.25, 0.3) is 0 Å².